The lowest BCUT2D eigenvalue weighted by Crippen LogP contribution is -2.38. The predicted molar refractivity (Wildman–Crippen MR) is 82.4 cm³/mol. The second kappa shape index (κ2) is 5.47. The first-order valence-corrected chi connectivity index (χ1v) is 7.97. The molecule has 102 valence electrons. The fraction of sp³-hybridized carbons (Fsp3) is 0.533. The van der Waals surface area contributed by atoms with Crippen LogP contribution in [0.15, 0.2) is 18.2 Å². The number of nitrogen functional groups attached to an aromatic ring is 1. The number of hydrogen-bond donors (Lipinski definition) is 1. The minimum Gasteiger partial charge on any atom is -0.375 e. The standard InChI is InChI=1S/C15H21N3S/c1-2-12-5-3-4-8-18(12)10-11-6-7-13-14(9-11)19-15(16)17-13/h6-7,9,12H,2-5,8,10H2,1H3,(H2,16,17). The average Bonchev–Trinajstić information content (AvgIpc) is 2.79. The van der Waals surface area contributed by atoms with Crippen molar-refractivity contribution in [3.63, 3.8) is 0 Å². The largest absolute Gasteiger partial charge is 0.375 e. The maximum absolute atomic E-state index is 5.77. The molecule has 0 spiro atoms. The molecule has 2 heterocycles. The zero-order valence-corrected chi connectivity index (χ0v) is 12.2. The fourth-order valence-corrected chi connectivity index (χ4v) is 3.85. The summed E-state index contributed by atoms with van der Waals surface area (Å²) in [6.45, 7) is 4.60. The number of piperidine rings is 1. The number of nitrogens with two attached hydrogens (primary N) is 1. The number of hydrogen-bond acceptors (Lipinski definition) is 4. The fourth-order valence-electron chi connectivity index (χ4n) is 3.05. The zero-order valence-electron chi connectivity index (χ0n) is 11.4. The van der Waals surface area contributed by atoms with Gasteiger partial charge in [0.1, 0.15) is 0 Å². The third-order valence-corrected chi connectivity index (χ3v) is 4.92. The molecule has 1 atom stereocenters. The third-order valence-electron chi connectivity index (χ3n) is 4.08. The highest BCUT2D eigenvalue weighted by Gasteiger charge is 2.20. The maximum atomic E-state index is 5.77. The van der Waals surface area contributed by atoms with E-state index in [9.17, 15) is 0 Å². The molecule has 1 aliphatic rings. The van der Waals surface area contributed by atoms with E-state index >= 15 is 0 Å². The van der Waals surface area contributed by atoms with Crippen LogP contribution in [0.3, 0.4) is 0 Å². The Bertz CT molecular complexity index is 564. The molecule has 0 radical (unpaired) electrons. The smallest absolute Gasteiger partial charge is 0.181 e. The average molecular weight is 275 g/mol. The highest BCUT2D eigenvalue weighted by Crippen LogP contribution is 2.27. The van der Waals surface area contributed by atoms with Crippen LogP contribution in [-0.4, -0.2) is 22.5 Å². The van der Waals surface area contributed by atoms with E-state index in [0.717, 1.165) is 18.1 Å². The summed E-state index contributed by atoms with van der Waals surface area (Å²) in [7, 11) is 0. The first-order chi connectivity index (χ1) is 9.26. The van der Waals surface area contributed by atoms with E-state index in [0.29, 0.717) is 5.13 Å². The SMILES string of the molecule is CCC1CCCCN1Cc1ccc2nc(N)sc2c1. The maximum Gasteiger partial charge on any atom is 0.181 e. The second-order valence-corrected chi connectivity index (χ2v) is 6.44. The van der Waals surface area contributed by atoms with E-state index in [-0.39, 0.29) is 0 Å². The van der Waals surface area contributed by atoms with Gasteiger partial charge >= 0.3 is 0 Å². The lowest BCUT2D eigenvalue weighted by Gasteiger charge is -2.35. The molecule has 2 N–H and O–H groups in total. The summed E-state index contributed by atoms with van der Waals surface area (Å²) >= 11 is 1.58. The van der Waals surface area contributed by atoms with Crippen molar-refractivity contribution in [3.05, 3.63) is 23.8 Å². The molecule has 4 heteroatoms. The molecule has 0 amide bonds. The molecule has 3 nitrogen and oxygen atoms in total. The van der Waals surface area contributed by atoms with Crippen molar-refractivity contribution in [3.8, 4) is 0 Å². The number of benzene rings is 1. The molecule has 1 aromatic heterocycles. The topological polar surface area (TPSA) is 42.2 Å². The van der Waals surface area contributed by atoms with Gasteiger partial charge in [-0.2, -0.15) is 0 Å². The van der Waals surface area contributed by atoms with Crippen LogP contribution in [0.1, 0.15) is 38.2 Å². The van der Waals surface area contributed by atoms with Crippen LogP contribution >= 0.6 is 11.3 Å². The molecule has 1 aromatic carbocycles. The molecule has 0 saturated carbocycles. The quantitative estimate of drug-likeness (QED) is 0.930. The monoisotopic (exact) mass is 275 g/mol. The highest BCUT2D eigenvalue weighted by molar-refractivity contribution is 7.22. The first kappa shape index (κ1) is 12.9. The number of anilines is 1. The van der Waals surface area contributed by atoms with Crippen molar-refractivity contribution >= 4 is 26.7 Å². The summed E-state index contributed by atoms with van der Waals surface area (Å²) in [6, 6.07) is 7.31. The Morgan fingerprint density at radius 2 is 2.32 bits per heavy atom. The molecule has 1 saturated heterocycles. The van der Waals surface area contributed by atoms with E-state index < -0.39 is 0 Å². The van der Waals surface area contributed by atoms with E-state index in [4.69, 9.17) is 5.73 Å². The molecule has 1 aliphatic heterocycles. The number of nitrogens with zero attached hydrogens (tertiary/aromatic N) is 2. The predicted octanol–water partition coefficient (Wildman–Crippen LogP) is 3.64. The summed E-state index contributed by atoms with van der Waals surface area (Å²) in [5.41, 5.74) is 8.18. The van der Waals surface area contributed by atoms with Crippen LogP contribution in [0.5, 0.6) is 0 Å². The van der Waals surface area contributed by atoms with E-state index in [1.54, 1.807) is 11.3 Å². The van der Waals surface area contributed by atoms with E-state index in [1.165, 1.54) is 42.5 Å². The normalized spacial score (nSPS) is 21.0. The van der Waals surface area contributed by atoms with Gasteiger partial charge in [-0.05, 0) is 43.5 Å². The van der Waals surface area contributed by atoms with Crippen molar-refractivity contribution in [1.29, 1.82) is 0 Å². The van der Waals surface area contributed by atoms with Crippen LogP contribution < -0.4 is 5.73 Å². The first-order valence-electron chi connectivity index (χ1n) is 7.15. The Morgan fingerprint density at radius 1 is 1.42 bits per heavy atom. The molecule has 3 rings (SSSR count). The Morgan fingerprint density at radius 3 is 3.16 bits per heavy atom. The molecule has 0 bridgehead atoms. The summed E-state index contributed by atoms with van der Waals surface area (Å²) < 4.78 is 1.21. The van der Waals surface area contributed by atoms with Crippen molar-refractivity contribution in [2.24, 2.45) is 0 Å². The van der Waals surface area contributed by atoms with Gasteiger partial charge in [-0.1, -0.05) is 30.7 Å². The van der Waals surface area contributed by atoms with Crippen LogP contribution in [0, 0.1) is 0 Å². The molecular weight excluding hydrogens is 254 g/mol. The number of fused-ring (bicyclic) bond motifs is 1. The van der Waals surface area contributed by atoms with Crippen molar-refractivity contribution in [2.75, 3.05) is 12.3 Å². The highest BCUT2D eigenvalue weighted by atomic mass is 32.1. The summed E-state index contributed by atoms with van der Waals surface area (Å²) in [4.78, 5) is 6.95. The van der Waals surface area contributed by atoms with Gasteiger partial charge in [0.15, 0.2) is 5.13 Å². The second-order valence-electron chi connectivity index (χ2n) is 5.38. The van der Waals surface area contributed by atoms with Gasteiger partial charge in [0.05, 0.1) is 10.2 Å². The van der Waals surface area contributed by atoms with Gasteiger partial charge < -0.3 is 5.73 Å². The van der Waals surface area contributed by atoms with Gasteiger partial charge in [-0.25, -0.2) is 4.98 Å². The lowest BCUT2D eigenvalue weighted by atomic mass is 9.99. The minimum absolute atomic E-state index is 0.663. The van der Waals surface area contributed by atoms with Gasteiger partial charge in [-0.15, -0.1) is 0 Å². The van der Waals surface area contributed by atoms with Crippen LogP contribution in [0.4, 0.5) is 5.13 Å². The van der Waals surface area contributed by atoms with Crippen LogP contribution in [-0.2, 0) is 6.54 Å². The Labute approximate surface area is 118 Å². The van der Waals surface area contributed by atoms with E-state index in [1.807, 2.05) is 0 Å². The summed E-state index contributed by atoms with van der Waals surface area (Å²) in [6.07, 6.45) is 5.34. The Kier molecular flexibility index (Phi) is 3.71. The third kappa shape index (κ3) is 2.74. The summed E-state index contributed by atoms with van der Waals surface area (Å²) in [5, 5.41) is 0.663. The van der Waals surface area contributed by atoms with Crippen molar-refractivity contribution < 1.29 is 0 Å². The van der Waals surface area contributed by atoms with Gasteiger partial charge in [-0.3, -0.25) is 4.90 Å². The molecule has 1 fully saturated rings. The number of likely N-dealkylation sites (tertiary alicyclic amines) is 1. The summed E-state index contributed by atoms with van der Waals surface area (Å²) in [5.74, 6) is 0. The van der Waals surface area contributed by atoms with Crippen LogP contribution in [0.25, 0.3) is 10.2 Å². The van der Waals surface area contributed by atoms with Gasteiger partial charge in [0.25, 0.3) is 0 Å². The Balaban J connectivity index is 1.79. The zero-order chi connectivity index (χ0) is 13.2. The van der Waals surface area contributed by atoms with Gasteiger partial charge in [0.2, 0.25) is 0 Å². The molecule has 2 aromatic rings. The van der Waals surface area contributed by atoms with E-state index in [2.05, 4.69) is 35.0 Å². The molecule has 0 aliphatic carbocycles. The number of thiazole rings is 1. The lowest BCUT2D eigenvalue weighted by molar-refractivity contribution is 0.136. The van der Waals surface area contributed by atoms with Crippen molar-refractivity contribution in [2.45, 2.75) is 45.2 Å². The number of aromatic nitrogens is 1. The molecular formula is C15H21N3S. The van der Waals surface area contributed by atoms with Gasteiger partial charge in [0, 0.05) is 12.6 Å². The molecule has 1 unspecified atom stereocenters. The van der Waals surface area contributed by atoms with Crippen LogP contribution in [0.2, 0.25) is 0 Å². The number of rotatable bonds is 3. The Hall–Kier alpha value is -1.13. The molecule has 19 heavy (non-hydrogen) atoms. The van der Waals surface area contributed by atoms with Crippen molar-refractivity contribution in [1.82, 2.24) is 9.88 Å². The minimum atomic E-state index is 0.663.